The number of carbonyl (C=O) groups excluding carboxylic acids is 2. The van der Waals surface area contributed by atoms with Gasteiger partial charge in [-0.25, -0.2) is 0 Å². The maximum absolute atomic E-state index is 11.7. The van der Waals surface area contributed by atoms with Gasteiger partial charge in [0.1, 0.15) is 6.26 Å². The molecule has 21 heavy (non-hydrogen) atoms. The van der Waals surface area contributed by atoms with Gasteiger partial charge in [-0.15, -0.1) is 0 Å². The molecular formula is C15H13N3O3. The summed E-state index contributed by atoms with van der Waals surface area (Å²) in [6.07, 6.45) is 9.11. The molecule has 1 aliphatic rings. The van der Waals surface area contributed by atoms with Gasteiger partial charge < -0.3 is 9.40 Å². The highest BCUT2D eigenvalue weighted by Crippen LogP contribution is 2.11. The molecule has 0 unspecified atom stereocenters. The Kier molecular flexibility index (Phi) is 5.05. The summed E-state index contributed by atoms with van der Waals surface area (Å²) in [5.74, 6) is -0.841. The zero-order valence-corrected chi connectivity index (χ0v) is 11.0. The summed E-state index contributed by atoms with van der Waals surface area (Å²) in [6.45, 7) is 0. The van der Waals surface area contributed by atoms with Gasteiger partial charge >= 0.3 is 0 Å². The average molecular weight is 283 g/mol. The first-order valence-corrected chi connectivity index (χ1v) is 6.13. The number of aromatic nitrogens is 2. The lowest BCUT2D eigenvalue weighted by Gasteiger charge is -1.85. The fourth-order valence-electron chi connectivity index (χ4n) is 1.56. The predicted molar refractivity (Wildman–Crippen MR) is 75.5 cm³/mol. The molecule has 0 fully saturated rings. The van der Waals surface area contributed by atoms with Gasteiger partial charge in [0.15, 0.2) is 0 Å². The summed E-state index contributed by atoms with van der Waals surface area (Å²) < 4.78 is 5.03. The van der Waals surface area contributed by atoms with Crippen LogP contribution in [0.2, 0.25) is 0 Å². The Morgan fingerprint density at radius 3 is 2.38 bits per heavy atom. The minimum absolute atomic E-state index is 0.303. The minimum atomic E-state index is -0.421. The van der Waals surface area contributed by atoms with Gasteiger partial charge in [0.25, 0.3) is 11.8 Å². The van der Waals surface area contributed by atoms with Gasteiger partial charge in [0.05, 0.1) is 17.4 Å². The molecular weight excluding hydrogens is 270 g/mol. The lowest BCUT2D eigenvalue weighted by Crippen LogP contribution is -2.19. The molecule has 2 amide bonds. The largest absolute Gasteiger partial charge is 0.471 e. The van der Waals surface area contributed by atoms with Gasteiger partial charge in [-0.2, -0.15) is 0 Å². The number of amides is 2. The number of nitrogens with zero attached hydrogens (tertiary/aromatic N) is 1. The van der Waals surface area contributed by atoms with Crippen molar-refractivity contribution in [1.82, 2.24) is 15.3 Å². The first-order chi connectivity index (χ1) is 10.3. The average Bonchev–Trinajstić information content (AvgIpc) is 2.72. The number of rotatable bonds is 0. The zero-order chi connectivity index (χ0) is 14.9. The van der Waals surface area contributed by atoms with Crippen molar-refractivity contribution >= 4 is 11.8 Å². The van der Waals surface area contributed by atoms with E-state index < -0.39 is 11.8 Å². The van der Waals surface area contributed by atoms with Gasteiger partial charge in [-0.05, 0) is 30.3 Å². The normalized spacial score (nSPS) is 11.4. The quantitative estimate of drug-likeness (QED) is 0.715. The van der Waals surface area contributed by atoms with Crippen molar-refractivity contribution in [3.63, 3.8) is 0 Å². The maximum atomic E-state index is 11.7. The van der Waals surface area contributed by atoms with Crippen LogP contribution in [0, 0.1) is 0 Å². The van der Waals surface area contributed by atoms with Crippen molar-refractivity contribution in [2.45, 2.75) is 0 Å². The standard InChI is InChI=1S/C15H13N3O3/c19-14-12-4-1-6-16-8-3-10-21-11-9-17-7-2-5-13(12)15(20)18-14/h1-11,17H,(H,18,19,20). The SMILES string of the molecule is O=C1NC(=O)c2ccc[nH]ccocccncccc21. The van der Waals surface area contributed by atoms with Crippen molar-refractivity contribution in [1.29, 1.82) is 0 Å². The van der Waals surface area contributed by atoms with Crippen LogP contribution in [0.25, 0.3) is 0 Å². The summed E-state index contributed by atoms with van der Waals surface area (Å²) in [5, 5.41) is 2.24. The Morgan fingerprint density at radius 1 is 0.857 bits per heavy atom. The number of hydrogen-bond donors (Lipinski definition) is 2. The number of fused-ring (bicyclic) bond motifs is 1. The topological polar surface area (TPSA) is 88.0 Å². The molecule has 2 heterocycles. The number of hydrogen-bond acceptors (Lipinski definition) is 4. The van der Waals surface area contributed by atoms with Crippen molar-refractivity contribution in [3.8, 4) is 0 Å². The zero-order valence-electron chi connectivity index (χ0n) is 11.0. The molecule has 6 nitrogen and oxygen atoms in total. The molecule has 1 aromatic rings. The van der Waals surface area contributed by atoms with E-state index in [0.29, 0.717) is 11.1 Å². The highest BCUT2D eigenvalue weighted by atomic mass is 16.3. The Labute approximate surface area is 120 Å². The lowest BCUT2D eigenvalue weighted by atomic mass is 10.2. The van der Waals surface area contributed by atoms with Crippen LogP contribution in [0.1, 0.15) is 20.7 Å². The van der Waals surface area contributed by atoms with Gasteiger partial charge in [-0.1, -0.05) is 0 Å². The van der Waals surface area contributed by atoms with Gasteiger partial charge in [0.2, 0.25) is 0 Å². The smallest absolute Gasteiger partial charge is 0.258 e. The Morgan fingerprint density at radius 2 is 1.57 bits per heavy atom. The molecule has 0 radical (unpaired) electrons. The first-order valence-electron chi connectivity index (χ1n) is 6.13. The molecule has 106 valence electrons. The lowest BCUT2D eigenvalue weighted by molar-refractivity contribution is 0.0879. The van der Waals surface area contributed by atoms with Crippen LogP contribution >= 0.6 is 0 Å². The van der Waals surface area contributed by atoms with Crippen molar-refractivity contribution < 1.29 is 14.0 Å². The second kappa shape index (κ2) is 7.44. The van der Waals surface area contributed by atoms with Crippen LogP contribution in [0.4, 0.5) is 0 Å². The molecule has 2 rings (SSSR count). The highest BCUT2D eigenvalue weighted by molar-refractivity contribution is 6.21. The molecule has 1 aromatic heterocycles. The monoisotopic (exact) mass is 283 g/mol. The van der Waals surface area contributed by atoms with Crippen LogP contribution in [-0.2, 0) is 0 Å². The van der Waals surface area contributed by atoms with Crippen LogP contribution in [0.5, 0.6) is 0 Å². The highest BCUT2D eigenvalue weighted by Gasteiger charge is 2.24. The number of aromatic amines is 1. The van der Waals surface area contributed by atoms with Gasteiger partial charge in [-0.3, -0.25) is 19.9 Å². The van der Waals surface area contributed by atoms with E-state index in [2.05, 4.69) is 15.3 Å². The van der Waals surface area contributed by atoms with E-state index in [4.69, 9.17) is 4.42 Å². The Balaban J connectivity index is 2.58. The molecule has 0 saturated carbocycles. The maximum Gasteiger partial charge on any atom is 0.258 e. The summed E-state index contributed by atoms with van der Waals surface area (Å²) >= 11 is 0. The number of H-pyrrole nitrogens is 1. The van der Waals surface area contributed by atoms with E-state index in [9.17, 15) is 9.59 Å². The molecule has 0 spiro atoms. The third kappa shape index (κ3) is 4.17. The van der Waals surface area contributed by atoms with Crippen LogP contribution in [0.15, 0.2) is 72.1 Å². The fourth-order valence-corrected chi connectivity index (χ4v) is 1.56. The van der Waals surface area contributed by atoms with Crippen molar-refractivity contribution in [2.24, 2.45) is 0 Å². The molecule has 2 N–H and O–H groups in total. The van der Waals surface area contributed by atoms with E-state index in [1.807, 2.05) is 0 Å². The summed E-state index contributed by atoms with van der Waals surface area (Å²) in [4.78, 5) is 30.1. The van der Waals surface area contributed by atoms with Crippen LogP contribution < -0.4 is 5.32 Å². The second-order valence-corrected chi connectivity index (χ2v) is 3.88. The minimum Gasteiger partial charge on any atom is -0.471 e. The van der Waals surface area contributed by atoms with Gasteiger partial charge in [0, 0.05) is 24.8 Å². The van der Waals surface area contributed by atoms with E-state index in [-0.39, 0.29) is 0 Å². The molecule has 0 saturated heterocycles. The van der Waals surface area contributed by atoms with Crippen LogP contribution in [0.3, 0.4) is 0 Å². The van der Waals surface area contributed by atoms with E-state index in [1.165, 1.54) is 31.0 Å². The summed E-state index contributed by atoms with van der Waals surface area (Å²) in [6, 6.07) is 7.91. The van der Waals surface area contributed by atoms with Crippen molar-refractivity contribution in [3.05, 3.63) is 78.8 Å². The number of carbonyl (C=O) groups is 2. The van der Waals surface area contributed by atoms with Crippen LogP contribution in [-0.4, -0.2) is 21.8 Å². The molecule has 0 bridgehead atoms. The molecule has 0 atom stereocenters. The predicted octanol–water partition coefficient (Wildman–Crippen LogP) is 2.26. The third-order valence-corrected chi connectivity index (χ3v) is 2.47. The Hall–Kier alpha value is -3.15. The van der Waals surface area contributed by atoms with E-state index in [0.717, 1.165) is 0 Å². The number of nitrogens with one attached hydrogen (secondary N) is 2. The third-order valence-electron chi connectivity index (χ3n) is 2.47. The van der Waals surface area contributed by atoms with Crippen molar-refractivity contribution in [2.75, 3.05) is 0 Å². The first kappa shape index (κ1) is 14.3. The number of imide groups is 1. The summed E-state index contributed by atoms with van der Waals surface area (Å²) in [5.41, 5.74) is 0.608. The van der Waals surface area contributed by atoms with E-state index in [1.54, 1.807) is 36.7 Å². The molecule has 1 aliphatic heterocycles. The molecule has 6 heteroatoms. The molecule has 0 aromatic carbocycles. The second-order valence-electron chi connectivity index (χ2n) is 3.88. The fraction of sp³-hybridized carbons (Fsp3) is 0. The Bertz CT molecular complexity index is 643. The van der Waals surface area contributed by atoms with E-state index >= 15 is 0 Å². The molecule has 0 aliphatic carbocycles. The summed E-state index contributed by atoms with van der Waals surface area (Å²) in [7, 11) is 0.